The highest BCUT2D eigenvalue weighted by Crippen LogP contribution is 2.21. The van der Waals surface area contributed by atoms with Gasteiger partial charge < -0.3 is 20.2 Å². The Bertz CT molecular complexity index is 609. The topological polar surface area (TPSA) is 79.6 Å². The van der Waals surface area contributed by atoms with Crippen LogP contribution >= 0.6 is 0 Å². The maximum absolute atomic E-state index is 12.4. The van der Waals surface area contributed by atoms with E-state index < -0.39 is 0 Å². The van der Waals surface area contributed by atoms with Crippen molar-refractivity contribution in [1.29, 1.82) is 5.26 Å². The molecule has 134 valence electrons. The average Bonchev–Trinajstić information content (AvgIpc) is 2.68. The first kappa shape index (κ1) is 17.6. The van der Waals surface area contributed by atoms with E-state index in [1.807, 2.05) is 29.2 Å². The third-order valence-corrected chi connectivity index (χ3v) is 5.34. The molecule has 25 heavy (non-hydrogen) atoms. The van der Waals surface area contributed by atoms with E-state index in [4.69, 9.17) is 5.26 Å². The summed E-state index contributed by atoms with van der Waals surface area (Å²) in [7, 11) is 0. The zero-order valence-corrected chi connectivity index (χ0v) is 14.5. The van der Waals surface area contributed by atoms with Crippen molar-refractivity contribution in [2.75, 3.05) is 37.7 Å². The number of hydrogen-bond acceptors (Lipinski definition) is 4. The molecule has 0 saturated carbocycles. The summed E-state index contributed by atoms with van der Waals surface area (Å²) in [5.41, 5.74) is 1.81. The van der Waals surface area contributed by atoms with E-state index in [2.05, 4.69) is 16.3 Å². The van der Waals surface area contributed by atoms with Crippen LogP contribution in [-0.4, -0.2) is 54.9 Å². The van der Waals surface area contributed by atoms with Crippen LogP contribution in [0.1, 0.15) is 31.2 Å². The number of anilines is 1. The molecule has 2 aliphatic rings. The zero-order chi connectivity index (χ0) is 17.6. The highest BCUT2D eigenvalue weighted by atomic mass is 16.3. The number of nitrogens with zero attached hydrogens (tertiary/aromatic N) is 3. The molecule has 6 heteroatoms. The number of nitrogens with one attached hydrogen (secondary N) is 1. The van der Waals surface area contributed by atoms with Crippen molar-refractivity contribution >= 4 is 11.7 Å². The molecule has 0 atom stereocenters. The van der Waals surface area contributed by atoms with Gasteiger partial charge in [0, 0.05) is 44.5 Å². The third kappa shape index (κ3) is 4.43. The summed E-state index contributed by atoms with van der Waals surface area (Å²) in [6, 6.07) is 10.1. The van der Waals surface area contributed by atoms with Crippen LogP contribution in [0, 0.1) is 17.2 Å². The SMILES string of the molecule is N#Cc1ccc(N2CCC(NC(=O)N3CCC(CO)CC3)CC2)cc1. The van der Waals surface area contributed by atoms with Crippen LogP contribution in [-0.2, 0) is 0 Å². The van der Waals surface area contributed by atoms with Gasteiger partial charge in [0.2, 0.25) is 0 Å². The molecule has 2 amide bonds. The minimum absolute atomic E-state index is 0.0354. The van der Waals surface area contributed by atoms with Gasteiger partial charge in [0.15, 0.2) is 0 Å². The fourth-order valence-corrected chi connectivity index (χ4v) is 3.61. The molecule has 1 aromatic carbocycles. The van der Waals surface area contributed by atoms with Crippen molar-refractivity contribution in [3.8, 4) is 6.07 Å². The summed E-state index contributed by atoms with van der Waals surface area (Å²) >= 11 is 0. The second kappa shape index (κ2) is 8.21. The summed E-state index contributed by atoms with van der Waals surface area (Å²) in [5.74, 6) is 0.347. The molecule has 6 nitrogen and oxygen atoms in total. The number of rotatable bonds is 3. The Hall–Kier alpha value is -2.26. The highest BCUT2D eigenvalue weighted by molar-refractivity contribution is 5.74. The second-order valence-electron chi connectivity index (χ2n) is 6.98. The maximum atomic E-state index is 12.4. The summed E-state index contributed by atoms with van der Waals surface area (Å²) in [4.78, 5) is 16.6. The third-order valence-electron chi connectivity index (χ3n) is 5.34. The van der Waals surface area contributed by atoms with Gasteiger partial charge in [0.05, 0.1) is 11.6 Å². The summed E-state index contributed by atoms with van der Waals surface area (Å²) in [6.07, 6.45) is 3.64. The van der Waals surface area contributed by atoms with Crippen LogP contribution in [0.2, 0.25) is 0 Å². The molecule has 0 radical (unpaired) electrons. The highest BCUT2D eigenvalue weighted by Gasteiger charge is 2.26. The number of aliphatic hydroxyl groups is 1. The molecule has 2 saturated heterocycles. The number of urea groups is 1. The number of piperidine rings is 2. The number of nitriles is 1. The lowest BCUT2D eigenvalue weighted by Crippen LogP contribution is -2.51. The fourth-order valence-electron chi connectivity index (χ4n) is 3.61. The molecule has 2 fully saturated rings. The number of likely N-dealkylation sites (tertiary alicyclic amines) is 1. The summed E-state index contributed by atoms with van der Waals surface area (Å²) in [5, 5.41) is 21.2. The second-order valence-corrected chi connectivity index (χ2v) is 6.98. The first-order chi connectivity index (χ1) is 12.2. The van der Waals surface area contributed by atoms with Crippen molar-refractivity contribution in [1.82, 2.24) is 10.2 Å². The smallest absolute Gasteiger partial charge is 0.317 e. The van der Waals surface area contributed by atoms with Crippen LogP contribution in [0.5, 0.6) is 0 Å². The molecular formula is C19H26N4O2. The van der Waals surface area contributed by atoms with E-state index >= 15 is 0 Å². The van der Waals surface area contributed by atoms with Gasteiger partial charge in [-0.2, -0.15) is 5.26 Å². The van der Waals surface area contributed by atoms with Crippen LogP contribution in [0.25, 0.3) is 0 Å². The minimum atomic E-state index is 0.0354. The monoisotopic (exact) mass is 342 g/mol. The summed E-state index contributed by atoms with van der Waals surface area (Å²) < 4.78 is 0. The fraction of sp³-hybridized carbons (Fsp3) is 0.579. The van der Waals surface area contributed by atoms with Crippen molar-refractivity contribution in [3.63, 3.8) is 0 Å². The van der Waals surface area contributed by atoms with E-state index in [1.54, 1.807) is 0 Å². The molecule has 2 N–H and O–H groups in total. The average molecular weight is 342 g/mol. The molecular weight excluding hydrogens is 316 g/mol. The van der Waals surface area contributed by atoms with E-state index in [-0.39, 0.29) is 18.7 Å². The van der Waals surface area contributed by atoms with Gasteiger partial charge in [-0.05, 0) is 55.9 Å². The number of benzene rings is 1. The molecule has 0 bridgehead atoms. The Morgan fingerprint density at radius 2 is 1.76 bits per heavy atom. The quantitative estimate of drug-likeness (QED) is 0.880. The van der Waals surface area contributed by atoms with E-state index in [0.717, 1.165) is 57.5 Å². The van der Waals surface area contributed by atoms with Crippen molar-refractivity contribution in [2.45, 2.75) is 31.7 Å². The molecule has 0 aliphatic carbocycles. The van der Waals surface area contributed by atoms with E-state index in [1.165, 1.54) is 0 Å². The zero-order valence-electron chi connectivity index (χ0n) is 14.5. The number of carbonyl (C=O) groups excluding carboxylic acids is 1. The normalized spacial score (nSPS) is 19.5. The van der Waals surface area contributed by atoms with Gasteiger partial charge in [-0.1, -0.05) is 0 Å². The lowest BCUT2D eigenvalue weighted by atomic mass is 9.98. The lowest BCUT2D eigenvalue weighted by molar-refractivity contribution is 0.135. The van der Waals surface area contributed by atoms with Gasteiger partial charge in [-0.25, -0.2) is 4.79 Å². The van der Waals surface area contributed by atoms with Crippen LogP contribution < -0.4 is 10.2 Å². The predicted molar refractivity (Wildman–Crippen MR) is 96.3 cm³/mol. The molecule has 0 aromatic heterocycles. The van der Waals surface area contributed by atoms with Gasteiger partial charge in [0.25, 0.3) is 0 Å². The lowest BCUT2D eigenvalue weighted by Gasteiger charge is -2.36. The molecule has 0 unspecified atom stereocenters. The van der Waals surface area contributed by atoms with Crippen LogP contribution in [0.15, 0.2) is 24.3 Å². The molecule has 1 aromatic rings. The molecule has 2 heterocycles. The Morgan fingerprint density at radius 3 is 2.32 bits per heavy atom. The number of carbonyl (C=O) groups is 1. The van der Waals surface area contributed by atoms with Crippen molar-refractivity contribution in [2.24, 2.45) is 5.92 Å². The first-order valence-electron chi connectivity index (χ1n) is 9.11. The molecule has 0 spiro atoms. The largest absolute Gasteiger partial charge is 0.396 e. The van der Waals surface area contributed by atoms with E-state index in [9.17, 15) is 9.90 Å². The standard InChI is InChI=1S/C19H26N4O2/c20-13-15-1-3-18(4-2-15)22-11-7-17(8-12-22)21-19(25)23-9-5-16(14-24)6-10-23/h1-4,16-17,24H,5-12,14H2,(H,21,25). The van der Waals surface area contributed by atoms with Crippen molar-refractivity contribution < 1.29 is 9.90 Å². The molecule has 3 rings (SSSR count). The van der Waals surface area contributed by atoms with Crippen LogP contribution in [0.3, 0.4) is 0 Å². The summed E-state index contributed by atoms with van der Waals surface area (Å²) in [6.45, 7) is 3.51. The van der Waals surface area contributed by atoms with Crippen LogP contribution in [0.4, 0.5) is 10.5 Å². The van der Waals surface area contributed by atoms with E-state index in [0.29, 0.717) is 11.5 Å². The Balaban J connectivity index is 1.44. The Labute approximate surface area is 149 Å². The number of amides is 2. The maximum Gasteiger partial charge on any atom is 0.317 e. The number of aliphatic hydroxyl groups excluding tert-OH is 1. The van der Waals surface area contributed by atoms with Gasteiger partial charge >= 0.3 is 6.03 Å². The Morgan fingerprint density at radius 1 is 1.12 bits per heavy atom. The predicted octanol–water partition coefficient (Wildman–Crippen LogP) is 1.94. The van der Waals surface area contributed by atoms with Crippen molar-refractivity contribution in [3.05, 3.63) is 29.8 Å². The van der Waals surface area contributed by atoms with Gasteiger partial charge in [0.1, 0.15) is 0 Å². The number of hydrogen-bond donors (Lipinski definition) is 2. The minimum Gasteiger partial charge on any atom is -0.396 e. The van der Waals surface area contributed by atoms with Gasteiger partial charge in [-0.3, -0.25) is 0 Å². The molecule has 2 aliphatic heterocycles. The Kier molecular flexibility index (Phi) is 5.77. The van der Waals surface area contributed by atoms with Gasteiger partial charge in [-0.15, -0.1) is 0 Å². The first-order valence-corrected chi connectivity index (χ1v) is 9.11.